The number of benzene rings is 1. The Hall–Kier alpha value is -2.87. The number of nitriles is 1. The van der Waals surface area contributed by atoms with Crippen molar-refractivity contribution in [3.8, 4) is 6.07 Å². The minimum Gasteiger partial charge on any atom is -0.469 e. The van der Waals surface area contributed by atoms with E-state index >= 15 is 0 Å². The molecular weight excluding hydrogens is 302 g/mol. The highest BCUT2D eigenvalue weighted by molar-refractivity contribution is 5.72. The molecule has 0 amide bonds. The average molecular weight is 323 g/mol. The normalized spacial score (nSPS) is 11.5. The van der Waals surface area contributed by atoms with E-state index in [4.69, 9.17) is 4.74 Å². The van der Waals surface area contributed by atoms with E-state index in [2.05, 4.69) is 16.4 Å². The largest absolute Gasteiger partial charge is 0.469 e. The monoisotopic (exact) mass is 323 g/mol. The molecule has 124 valence electrons. The standard InChI is InChI=1S/C19H21N3O2/c1-12(19(23)24-4)9-15-5-7-16(8-6-15)22-18-10-13(2)21-14(3)17(18)11-20/h5-8,10,12H,9H2,1-4H3,(H,21,22). The fourth-order valence-electron chi connectivity index (χ4n) is 2.59. The van der Waals surface area contributed by atoms with E-state index < -0.39 is 0 Å². The summed E-state index contributed by atoms with van der Waals surface area (Å²) in [5, 5.41) is 12.6. The van der Waals surface area contributed by atoms with Crippen LogP contribution in [0, 0.1) is 31.1 Å². The Kier molecular flexibility index (Phi) is 5.54. The second-order valence-electron chi connectivity index (χ2n) is 5.83. The molecule has 0 radical (unpaired) electrons. The first-order valence-electron chi connectivity index (χ1n) is 7.76. The van der Waals surface area contributed by atoms with Crippen LogP contribution in [0.25, 0.3) is 0 Å². The summed E-state index contributed by atoms with van der Waals surface area (Å²) in [6, 6.07) is 11.9. The van der Waals surface area contributed by atoms with E-state index in [1.165, 1.54) is 7.11 Å². The van der Waals surface area contributed by atoms with Gasteiger partial charge in [0.25, 0.3) is 0 Å². The van der Waals surface area contributed by atoms with Crippen LogP contribution in [0.4, 0.5) is 11.4 Å². The summed E-state index contributed by atoms with van der Waals surface area (Å²) in [6.45, 7) is 5.57. The first kappa shape index (κ1) is 17.5. The number of esters is 1. The van der Waals surface area contributed by atoms with Gasteiger partial charge in [-0.1, -0.05) is 19.1 Å². The van der Waals surface area contributed by atoms with Crippen molar-refractivity contribution >= 4 is 17.3 Å². The minimum atomic E-state index is -0.210. The molecule has 0 fully saturated rings. The van der Waals surface area contributed by atoms with Crippen molar-refractivity contribution in [3.63, 3.8) is 0 Å². The minimum absolute atomic E-state index is 0.176. The van der Waals surface area contributed by atoms with Crippen molar-refractivity contribution in [2.24, 2.45) is 5.92 Å². The molecule has 0 bridgehead atoms. The van der Waals surface area contributed by atoms with Crippen LogP contribution in [-0.4, -0.2) is 18.1 Å². The number of carbonyl (C=O) groups excluding carboxylic acids is 1. The number of methoxy groups -OCH3 is 1. The molecule has 2 rings (SSSR count). The van der Waals surface area contributed by atoms with Gasteiger partial charge in [0, 0.05) is 11.4 Å². The molecule has 5 heteroatoms. The van der Waals surface area contributed by atoms with Gasteiger partial charge in [-0.05, 0) is 44.0 Å². The zero-order chi connectivity index (χ0) is 17.7. The molecule has 0 saturated heterocycles. The summed E-state index contributed by atoms with van der Waals surface area (Å²) in [5.74, 6) is -0.386. The molecule has 0 aliphatic carbocycles. The molecule has 5 nitrogen and oxygen atoms in total. The second kappa shape index (κ2) is 7.60. The zero-order valence-corrected chi connectivity index (χ0v) is 14.4. The molecule has 24 heavy (non-hydrogen) atoms. The molecular formula is C19H21N3O2. The molecule has 1 heterocycles. The number of hydrogen-bond donors (Lipinski definition) is 1. The first-order chi connectivity index (χ1) is 11.4. The number of hydrogen-bond acceptors (Lipinski definition) is 5. The van der Waals surface area contributed by atoms with Crippen LogP contribution in [0.1, 0.15) is 29.4 Å². The summed E-state index contributed by atoms with van der Waals surface area (Å²) in [7, 11) is 1.40. The van der Waals surface area contributed by atoms with Gasteiger partial charge >= 0.3 is 5.97 Å². The summed E-state index contributed by atoms with van der Waals surface area (Å²) in [5.41, 5.74) is 4.80. The lowest BCUT2D eigenvalue weighted by Crippen LogP contribution is -2.15. The van der Waals surface area contributed by atoms with E-state index in [-0.39, 0.29) is 11.9 Å². The maximum absolute atomic E-state index is 11.5. The lowest BCUT2D eigenvalue weighted by Gasteiger charge is -2.12. The fraction of sp³-hybridized carbons (Fsp3) is 0.316. The third-order valence-electron chi connectivity index (χ3n) is 3.82. The Balaban J connectivity index is 2.16. The number of rotatable bonds is 5. The number of pyridine rings is 1. The van der Waals surface area contributed by atoms with Crippen molar-refractivity contribution < 1.29 is 9.53 Å². The molecule has 0 aliphatic rings. The molecule has 1 unspecified atom stereocenters. The van der Waals surface area contributed by atoms with Crippen LogP contribution in [0.15, 0.2) is 30.3 Å². The quantitative estimate of drug-likeness (QED) is 0.850. The molecule has 0 spiro atoms. The van der Waals surface area contributed by atoms with Gasteiger partial charge in [0.2, 0.25) is 0 Å². The van der Waals surface area contributed by atoms with Crippen LogP contribution in [0.5, 0.6) is 0 Å². The maximum Gasteiger partial charge on any atom is 0.308 e. The molecule has 0 saturated carbocycles. The molecule has 1 aromatic heterocycles. The Labute approximate surface area is 142 Å². The van der Waals surface area contributed by atoms with Crippen LogP contribution < -0.4 is 5.32 Å². The highest BCUT2D eigenvalue weighted by Gasteiger charge is 2.13. The van der Waals surface area contributed by atoms with Crippen molar-refractivity contribution in [2.75, 3.05) is 12.4 Å². The smallest absolute Gasteiger partial charge is 0.308 e. The van der Waals surface area contributed by atoms with E-state index in [1.54, 1.807) is 0 Å². The van der Waals surface area contributed by atoms with Gasteiger partial charge in [-0.3, -0.25) is 9.78 Å². The number of nitrogens with zero attached hydrogens (tertiary/aromatic N) is 2. The number of ether oxygens (including phenoxy) is 1. The number of carbonyl (C=O) groups is 1. The van der Waals surface area contributed by atoms with Gasteiger partial charge in [-0.2, -0.15) is 5.26 Å². The fourth-order valence-corrected chi connectivity index (χ4v) is 2.59. The third-order valence-corrected chi connectivity index (χ3v) is 3.82. The maximum atomic E-state index is 11.5. The number of aromatic nitrogens is 1. The highest BCUT2D eigenvalue weighted by atomic mass is 16.5. The summed E-state index contributed by atoms with van der Waals surface area (Å²) in [6.07, 6.45) is 0.629. The van der Waals surface area contributed by atoms with Crippen LogP contribution >= 0.6 is 0 Å². The van der Waals surface area contributed by atoms with E-state index in [0.29, 0.717) is 17.7 Å². The Bertz CT molecular complexity index is 776. The van der Waals surface area contributed by atoms with Gasteiger partial charge in [0.15, 0.2) is 0 Å². The number of aryl methyl sites for hydroxylation is 2. The van der Waals surface area contributed by atoms with E-state index in [9.17, 15) is 10.1 Å². The van der Waals surface area contributed by atoms with Crippen molar-refractivity contribution in [1.82, 2.24) is 4.98 Å². The average Bonchev–Trinajstić information content (AvgIpc) is 2.55. The number of nitrogens with one attached hydrogen (secondary N) is 1. The van der Waals surface area contributed by atoms with Crippen LogP contribution in [0.3, 0.4) is 0 Å². The van der Waals surface area contributed by atoms with Crippen molar-refractivity contribution in [3.05, 3.63) is 52.8 Å². The first-order valence-corrected chi connectivity index (χ1v) is 7.76. The molecule has 0 aliphatic heterocycles. The summed E-state index contributed by atoms with van der Waals surface area (Å²) >= 11 is 0. The molecule has 1 atom stereocenters. The Morgan fingerprint density at radius 1 is 1.33 bits per heavy atom. The Morgan fingerprint density at radius 3 is 2.58 bits per heavy atom. The van der Waals surface area contributed by atoms with Crippen molar-refractivity contribution in [1.29, 1.82) is 5.26 Å². The lowest BCUT2D eigenvalue weighted by atomic mass is 10.0. The topological polar surface area (TPSA) is 75.0 Å². The predicted octanol–water partition coefficient (Wildman–Crippen LogP) is 3.67. The van der Waals surface area contributed by atoms with Crippen LogP contribution in [-0.2, 0) is 16.0 Å². The van der Waals surface area contributed by atoms with Gasteiger partial charge in [0.05, 0.1) is 30.0 Å². The van der Waals surface area contributed by atoms with Gasteiger partial charge in [0.1, 0.15) is 6.07 Å². The van der Waals surface area contributed by atoms with E-state index in [1.807, 2.05) is 51.1 Å². The highest BCUT2D eigenvalue weighted by Crippen LogP contribution is 2.24. The Morgan fingerprint density at radius 2 is 2.00 bits per heavy atom. The van der Waals surface area contributed by atoms with Crippen molar-refractivity contribution in [2.45, 2.75) is 27.2 Å². The van der Waals surface area contributed by atoms with Gasteiger partial charge in [-0.25, -0.2) is 0 Å². The van der Waals surface area contributed by atoms with Crippen LogP contribution in [0.2, 0.25) is 0 Å². The SMILES string of the molecule is COC(=O)C(C)Cc1ccc(Nc2cc(C)nc(C)c2C#N)cc1. The van der Waals surface area contributed by atoms with Gasteiger partial charge in [-0.15, -0.1) is 0 Å². The summed E-state index contributed by atoms with van der Waals surface area (Å²) in [4.78, 5) is 15.8. The third kappa shape index (κ3) is 4.11. The molecule has 1 aromatic carbocycles. The summed E-state index contributed by atoms with van der Waals surface area (Å²) < 4.78 is 4.75. The number of anilines is 2. The zero-order valence-electron chi connectivity index (χ0n) is 14.4. The van der Waals surface area contributed by atoms with Gasteiger partial charge < -0.3 is 10.1 Å². The van der Waals surface area contributed by atoms with E-state index in [0.717, 1.165) is 22.6 Å². The lowest BCUT2D eigenvalue weighted by molar-refractivity contribution is -0.144. The molecule has 1 N–H and O–H groups in total. The molecule has 2 aromatic rings. The predicted molar refractivity (Wildman–Crippen MR) is 93.0 cm³/mol. The second-order valence-corrected chi connectivity index (χ2v) is 5.83.